The summed E-state index contributed by atoms with van der Waals surface area (Å²) < 4.78 is 5.39. The third kappa shape index (κ3) is 7.14. The van der Waals surface area contributed by atoms with Gasteiger partial charge in [-0.1, -0.05) is 26.0 Å². The highest BCUT2D eigenvalue weighted by Crippen LogP contribution is 2.13. The third-order valence-corrected chi connectivity index (χ3v) is 3.67. The molecule has 22 heavy (non-hydrogen) atoms. The summed E-state index contributed by atoms with van der Waals surface area (Å²) in [5, 5.41) is 0. The molecule has 0 aliphatic carbocycles. The van der Waals surface area contributed by atoms with Gasteiger partial charge in [0, 0.05) is 19.6 Å². The Labute approximate surface area is 140 Å². The van der Waals surface area contributed by atoms with Crippen LogP contribution in [0.3, 0.4) is 0 Å². The van der Waals surface area contributed by atoms with E-state index >= 15 is 0 Å². The summed E-state index contributed by atoms with van der Waals surface area (Å²) in [6, 6.07) is 7.83. The number of ether oxygens (including phenoxy) is 1. The first-order valence-electron chi connectivity index (χ1n) is 7.65. The Morgan fingerprint density at radius 2 is 1.86 bits per heavy atom. The zero-order valence-corrected chi connectivity index (χ0v) is 14.9. The van der Waals surface area contributed by atoms with E-state index < -0.39 is 0 Å². The number of halogens is 1. The van der Waals surface area contributed by atoms with Gasteiger partial charge in [-0.15, -0.1) is 12.4 Å². The Morgan fingerprint density at radius 1 is 1.27 bits per heavy atom. The van der Waals surface area contributed by atoms with Gasteiger partial charge in [0.15, 0.2) is 0 Å². The van der Waals surface area contributed by atoms with E-state index in [1.807, 2.05) is 38.2 Å². The van der Waals surface area contributed by atoms with E-state index in [2.05, 4.69) is 13.8 Å². The zero-order valence-electron chi connectivity index (χ0n) is 14.0. The first kappa shape index (κ1) is 20.7. The number of nitrogens with two attached hydrogens (primary N) is 1. The molecule has 5 heteroatoms. The Hall–Kier alpha value is -1.26. The van der Waals surface area contributed by atoms with Crippen LogP contribution in [-0.2, 0) is 11.2 Å². The van der Waals surface area contributed by atoms with Crippen LogP contribution in [0.2, 0.25) is 0 Å². The van der Waals surface area contributed by atoms with Gasteiger partial charge in [-0.05, 0) is 37.0 Å². The summed E-state index contributed by atoms with van der Waals surface area (Å²) in [6.45, 7) is 7.51. The smallest absolute Gasteiger partial charge is 0.226 e. The van der Waals surface area contributed by atoms with Gasteiger partial charge in [0.05, 0.1) is 13.0 Å². The molecule has 0 fully saturated rings. The molecule has 0 aliphatic rings. The van der Waals surface area contributed by atoms with Crippen molar-refractivity contribution in [3.8, 4) is 5.75 Å². The summed E-state index contributed by atoms with van der Waals surface area (Å²) in [5.41, 5.74) is 7.01. The van der Waals surface area contributed by atoms with E-state index in [-0.39, 0.29) is 24.4 Å². The van der Waals surface area contributed by atoms with Gasteiger partial charge in [-0.2, -0.15) is 0 Å². The number of rotatable bonds is 8. The number of hydrogen-bond donors (Lipinski definition) is 1. The predicted octanol–water partition coefficient (Wildman–Crippen LogP) is 2.88. The third-order valence-electron chi connectivity index (χ3n) is 3.67. The standard InChI is InChI=1S/C17H28N2O2.ClH/c1-5-21-15-8-6-14(7-9-15)12-17(20)19(4)11-10-16(18)13(2)3;/h6-9,13,16H,5,10-12,18H2,1-4H3;1H. The molecule has 1 atom stereocenters. The maximum atomic E-state index is 12.2. The number of nitrogens with zero attached hydrogens (tertiary/aromatic N) is 1. The molecule has 2 N–H and O–H groups in total. The molecule has 1 aromatic carbocycles. The molecule has 0 radical (unpaired) electrons. The number of carbonyl (C=O) groups excluding carboxylic acids is 1. The molecule has 0 aliphatic heterocycles. The van der Waals surface area contributed by atoms with Crippen LogP contribution in [0.1, 0.15) is 32.8 Å². The summed E-state index contributed by atoms with van der Waals surface area (Å²) in [6.07, 6.45) is 1.25. The largest absolute Gasteiger partial charge is 0.494 e. The Morgan fingerprint density at radius 3 is 2.36 bits per heavy atom. The van der Waals surface area contributed by atoms with Crippen LogP contribution >= 0.6 is 12.4 Å². The lowest BCUT2D eigenvalue weighted by Gasteiger charge is -2.21. The maximum Gasteiger partial charge on any atom is 0.226 e. The lowest BCUT2D eigenvalue weighted by Crippen LogP contribution is -2.35. The molecule has 0 heterocycles. The molecule has 4 nitrogen and oxygen atoms in total. The van der Waals surface area contributed by atoms with Crippen molar-refractivity contribution in [1.82, 2.24) is 4.90 Å². The van der Waals surface area contributed by atoms with Crippen molar-refractivity contribution in [3.63, 3.8) is 0 Å². The van der Waals surface area contributed by atoms with Gasteiger partial charge in [0.2, 0.25) is 5.91 Å². The van der Waals surface area contributed by atoms with Crippen molar-refractivity contribution in [2.75, 3.05) is 20.2 Å². The Bertz CT molecular complexity index is 435. The second-order valence-corrected chi connectivity index (χ2v) is 5.77. The van der Waals surface area contributed by atoms with Gasteiger partial charge in [-0.3, -0.25) is 4.79 Å². The van der Waals surface area contributed by atoms with Crippen molar-refractivity contribution in [3.05, 3.63) is 29.8 Å². The van der Waals surface area contributed by atoms with Crippen LogP contribution in [0.5, 0.6) is 5.75 Å². The lowest BCUT2D eigenvalue weighted by atomic mass is 10.0. The van der Waals surface area contributed by atoms with Crippen LogP contribution in [-0.4, -0.2) is 37.0 Å². The van der Waals surface area contributed by atoms with Gasteiger partial charge in [-0.25, -0.2) is 0 Å². The second kappa shape index (κ2) is 10.5. The van der Waals surface area contributed by atoms with Crippen molar-refractivity contribution >= 4 is 18.3 Å². The summed E-state index contributed by atoms with van der Waals surface area (Å²) in [5.74, 6) is 1.40. The van der Waals surface area contributed by atoms with Crippen LogP contribution in [0, 0.1) is 5.92 Å². The minimum atomic E-state index is 0. The fourth-order valence-electron chi connectivity index (χ4n) is 1.98. The molecule has 1 unspecified atom stereocenters. The molecule has 126 valence electrons. The van der Waals surface area contributed by atoms with E-state index in [4.69, 9.17) is 10.5 Å². The molecule has 0 saturated carbocycles. The van der Waals surface area contributed by atoms with Crippen LogP contribution in [0.4, 0.5) is 0 Å². The molecule has 0 saturated heterocycles. The highest BCUT2D eigenvalue weighted by Gasteiger charge is 2.13. The van der Waals surface area contributed by atoms with Gasteiger partial charge >= 0.3 is 0 Å². The predicted molar refractivity (Wildman–Crippen MR) is 93.6 cm³/mol. The van der Waals surface area contributed by atoms with E-state index in [1.165, 1.54) is 0 Å². The minimum absolute atomic E-state index is 0. The Balaban J connectivity index is 0.00000441. The molecular formula is C17H29ClN2O2. The van der Waals surface area contributed by atoms with Crippen molar-refractivity contribution in [2.45, 2.75) is 39.7 Å². The van der Waals surface area contributed by atoms with Crippen molar-refractivity contribution < 1.29 is 9.53 Å². The summed E-state index contributed by atoms with van der Waals surface area (Å²) in [7, 11) is 1.84. The topological polar surface area (TPSA) is 55.6 Å². The van der Waals surface area contributed by atoms with Crippen LogP contribution in [0.25, 0.3) is 0 Å². The highest BCUT2D eigenvalue weighted by molar-refractivity contribution is 5.85. The Kier molecular flexibility index (Phi) is 9.86. The monoisotopic (exact) mass is 328 g/mol. The second-order valence-electron chi connectivity index (χ2n) is 5.77. The fourth-order valence-corrected chi connectivity index (χ4v) is 1.98. The van der Waals surface area contributed by atoms with Gasteiger partial charge in [0.1, 0.15) is 5.75 Å². The average molecular weight is 329 g/mol. The molecule has 1 aromatic rings. The number of amides is 1. The summed E-state index contributed by atoms with van der Waals surface area (Å²) in [4.78, 5) is 13.9. The van der Waals surface area contributed by atoms with Gasteiger partial charge in [0.25, 0.3) is 0 Å². The number of carbonyl (C=O) groups is 1. The molecular weight excluding hydrogens is 300 g/mol. The zero-order chi connectivity index (χ0) is 15.8. The molecule has 1 rings (SSSR count). The van der Waals surface area contributed by atoms with Crippen LogP contribution < -0.4 is 10.5 Å². The summed E-state index contributed by atoms with van der Waals surface area (Å²) >= 11 is 0. The van der Waals surface area contributed by atoms with Crippen molar-refractivity contribution in [1.29, 1.82) is 0 Å². The first-order chi connectivity index (χ1) is 9.93. The van der Waals surface area contributed by atoms with Crippen molar-refractivity contribution in [2.24, 2.45) is 11.7 Å². The number of hydrogen-bond acceptors (Lipinski definition) is 3. The SMILES string of the molecule is CCOc1ccc(CC(=O)N(C)CCC(N)C(C)C)cc1.Cl. The normalized spacial score (nSPS) is 11.7. The molecule has 0 spiro atoms. The van der Waals surface area contributed by atoms with E-state index in [1.54, 1.807) is 4.90 Å². The fraction of sp³-hybridized carbons (Fsp3) is 0.588. The number of likely N-dealkylation sites (N-methyl/N-ethyl adjacent to an activating group) is 1. The van der Waals surface area contributed by atoms with E-state index in [0.29, 0.717) is 25.5 Å². The van der Waals surface area contributed by atoms with E-state index in [0.717, 1.165) is 17.7 Å². The lowest BCUT2D eigenvalue weighted by molar-refractivity contribution is -0.129. The molecule has 0 aromatic heterocycles. The molecule has 0 bridgehead atoms. The van der Waals surface area contributed by atoms with E-state index in [9.17, 15) is 4.79 Å². The van der Waals surface area contributed by atoms with Crippen LogP contribution in [0.15, 0.2) is 24.3 Å². The maximum absolute atomic E-state index is 12.2. The molecule has 1 amide bonds. The number of benzene rings is 1. The minimum Gasteiger partial charge on any atom is -0.494 e. The quantitative estimate of drug-likeness (QED) is 0.798. The van der Waals surface area contributed by atoms with Gasteiger partial charge < -0.3 is 15.4 Å². The average Bonchev–Trinajstić information content (AvgIpc) is 2.46. The first-order valence-corrected chi connectivity index (χ1v) is 7.65. The highest BCUT2D eigenvalue weighted by atomic mass is 35.5.